The molecule has 0 heterocycles. The lowest BCUT2D eigenvalue weighted by molar-refractivity contribution is -0.116. The fourth-order valence-corrected chi connectivity index (χ4v) is 2.83. The molecule has 2 aromatic carbocycles. The van der Waals surface area contributed by atoms with Gasteiger partial charge in [-0.05, 0) is 50.6 Å². The Balaban J connectivity index is 1.76. The van der Waals surface area contributed by atoms with Crippen LogP contribution in [0.4, 0.5) is 11.4 Å². The summed E-state index contributed by atoms with van der Waals surface area (Å²) in [6.45, 7) is 9.00. The standard InChI is InChI=1S/C21H29N3O/c1-4-24(5-2)20-13-11-19(12-14-20)23-21(25)15-16-22-17(3)18-9-7-6-8-10-18/h6-14,17,22H,4-5,15-16H2,1-3H3,(H,23,25). The Morgan fingerprint density at radius 2 is 1.64 bits per heavy atom. The van der Waals surface area contributed by atoms with Crippen LogP contribution >= 0.6 is 0 Å². The van der Waals surface area contributed by atoms with E-state index in [0.29, 0.717) is 13.0 Å². The second-order valence-corrected chi connectivity index (χ2v) is 6.10. The average molecular weight is 339 g/mol. The van der Waals surface area contributed by atoms with Crippen molar-refractivity contribution in [1.29, 1.82) is 0 Å². The second kappa shape index (κ2) is 9.84. The summed E-state index contributed by atoms with van der Waals surface area (Å²) in [5.41, 5.74) is 3.26. The zero-order valence-electron chi connectivity index (χ0n) is 15.5. The van der Waals surface area contributed by atoms with Crippen LogP contribution in [0.3, 0.4) is 0 Å². The first-order valence-electron chi connectivity index (χ1n) is 9.07. The highest BCUT2D eigenvalue weighted by Crippen LogP contribution is 2.18. The smallest absolute Gasteiger partial charge is 0.225 e. The van der Waals surface area contributed by atoms with Crippen molar-refractivity contribution >= 4 is 17.3 Å². The van der Waals surface area contributed by atoms with Gasteiger partial charge >= 0.3 is 0 Å². The molecule has 25 heavy (non-hydrogen) atoms. The van der Waals surface area contributed by atoms with Gasteiger partial charge in [-0.15, -0.1) is 0 Å². The third kappa shape index (κ3) is 5.91. The van der Waals surface area contributed by atoms with E-state index in [9.17, 15) is 4.79 Å². The Labute approximate surface area is 151 Å². The van der Waals surface area contributed by atoms with Crippen LogP contribution in [0.1, 0.15) is 38.8 Å². The van der Waals surface area contributed by atoms with E-state index in [2.05, 4.69) is 60.6 Å². The van der Waals surface area contributed by atoms with Gasteiger partial charge in [0.15, 0.2) is 0 Å². The maximum Gasteiger partial charge on any atom is 0.225 e. The van der Waals surface area contributed by atoms with E-state index in [1.165, 1.54) is 11.3 Å². The molecule has 0 aromatic heterocycles. The number of hydrogen-bond donors (Lipinski definition) is 2. The third-order valence-corrected chi connectivity index (χ3v) is 4.38. The number of hydrogen-bond acceptors (Lipinski definition) is 3. The number of nitrogens with zero attached hydrogens (tertiary/aromatic N) is 1. The van der Waals surface area contributed by atoms with E-state index < -0.39 is 0 Å². The van der Waals surface area contributed by atoms with Crippen molar-refractivity contribution in [2.24, 2.45) is 0 Å². The molecule has 1 unspecified atom stereocenters. The lowest BCUT2D eigenvalue weighted by Crippen LogP contribution is -2.24. The van der Waals surface area contributed by atoms with Gasteiger partial charge in [-0.1, -0.05) is 30.3 Å². The molecular formula is C21H29N3O. The molecule has 0 aliphatic heterocycles. The first kappa shape index (κ1) is 19.0. The summed E-state index contributed by atoms with van der Waals surface area (Å²) < 4.78 is 0. The van der Waals surface area contributed by atoms with Gasteiger partial charge < -0.3 is 15.5 Å². The molecule has 0 saturated heterocycles. The number of amides is 1. The van der Waals surface area contributed by atoms with Gasteiger partial charge in [-0.3, -0.25) is 4.79 Å². The van der Waals surface area contributed by atoms with Crippen LogP contribution in [-0.2, 0) is 4.79 Å². The monoisotopic (exact) mass is 339 g/mol. The molecule has 2 rings (SSSR count). The molecule has 0 aliphatic rings. The quantitative estimate of drug-likeness (QED) is 0.719. The summed E-state index contributed by atoms with van der Waals surface area (Å²) in [5.74, 6) is 0.0309. The summed E-state index contributed by atoms with van der Waals surface area (Å²) in [5, 5.41) is 6.35. The van der Waals surface area contributed by atoms with E-state index in [4.69, 9.17) is 0 Å². The Kier molecular flexibility index (Phi) is 7.48. The van der Waals surface area contributed by atoms with Gasteiger partial charge in [-0.2, -0.15) is 0 Å². The van der Waals surface area contributed by atoms with Gasteiger partial charge in [0.1, 0.15) is 0 Å². The van der Waals surface area contributed by atoms with Gasteiger partial charge in [-0.25, -0.2) is 0 Å². The van der Waals surface area contributed by atoms with Gasteiger partial charge in [0.25, 0.3) is 0 Å². The van der Waals surface area contributed by atoms with Crippen molar-refractivity contribution in [3.05, 3.63) is 60.2 Å². The Bertz CT molecular complexity index is 636. The highest BCUT2D eigenvalue weighted by atomic mass is 16.1. The average Bonchev–Trinajstić information content (AvgIpc) is 2.64. The maximum atomic E-state index is 12.1. The molecule has 134 valence electrons. The van der Waals surface area contributed by atoms with Gasteiger partial charge in [0.2, 0.25) is 5.91 Å². The molecule has 0 spiro atoms. The van der Waals surface area contributed by atoms with Crippen LogP contribution in [0.5, 0.6) is 0 Å². The minimum atomic E-state index is 0.0309. The Morgan fingerprint density at radius 1 is 1.00 bits per heavy atom. The molecule has 2 N–H and O–H groups in total. The van der Waals surface area contributed by atoms with Crippen molar-refractivity contribution in [2.45, 2.75) is 33.2 Å². The van der Waals surface area contributed by atoms with Crippen molar-refractivity contribution in [2.75, 3.05) is 29.9 Å². The van der Waals surface area contributed by atoms with Gasteiger partial charge in [0.05, 0.1) is 0 Å². The molecule has 0 bridgehead atoms. The molecular weight excluding hydrogens is 310 g/mol. The van der Waals surface area contributed by atoms with Crippen LogP contribution in [0.25, 0.3) is 0 Å². The van der Waals surface area contributed by atoms with E-state index in [1.54, 1.807) is 0 Å². The van der Waals surface area contributed by atoms with Crippen LogP contribution in [0, 0.1) is 0 Å². The molecule has 1 amide bonds. The third-order valence-electron chi connectivity index (χ3n) is 4.38. The van der Waals surface area contributed by atoms with E-state index in [1.807, 2.05) is 30.3 Å². The maximum absolute atomic E-state index is 12.1. The normalized spacial score (nSPS) is 11.8. The van der Waals surface area contributed by atoms with Crippen LogP contribution in [0.15, 0.2) is 54.6 Å². The highest BCUT2D eigenvalue weighted by molar-refractivity contribution is 5.91. The zero-order valence-corrected chi connectivity index (χ0v) is 15.5. The molecule has 2 aromatic rings. The predicted molar refractivity (Wildman–Crippen MR) is 106 cm³/mol. The lowest BCUT2D eigenvalue weighted by atomic mass is 10.1. The summed E-state index contributed by atoms with van der Waals surface area (Å²) in [6.07, 6.45) is 0.453. The van der Waals surface area contributed by atoms with Crippen LogP contribution in [-0.4, -0.2) is 25.5 Å². The first-order valence-corrected chi connectivity index (χ1v) is 9.07. The predicted octanol–water partition coefficient (Wildman–Crippen LogP) is 4.21. The fourth-order valence-electron chi connectivity index (χ4n) is 2.83. The summed E-state index contributed by atoms with van der Waals surface area (Å²) in [7, 11) is 0. The SMILES string of the molecule is CCN(CC)c1ccc(NC(=O)CCNC(C)c2ccccc2)cc1. The molecule has 4 nitrogen and oxygen atoms in total. The van der Waals surface area contributed by atoms with E-state index in [-0.39, 0.29) is 11.9 Å². The molecule has 0 radical (unpaired) electrons. The molecule has 0 saturated carbocycles. The lowest BCUT2D eigenvalue weighted by Gasteiger charge is -2.21. The van der Waals surface area contributed by atoms with Crippen LogP contribution < -0.4 is 15.5 Å². The van der Waals surface area contributed by atoms with E-state index in [0.717, 1.165) is 18.8 Å². The highest BCUT2D eigenvalue weighted by Gasteiger charge is 2.07. The molecule has 0 aliphatic carbocycles. The molecule has 0 fully saturated rings. The number of benzene rings is 2. The summed E-state index contributed by atoms with van der Waals surface area (Å²) in [6, 6.07) is 18.5. The van der Waals surface area contributed by atoms with Crippen molar-refractivity contribution in [3.8, 4) is 0 Å². The number of rotatable bonds is 9. The van der Waals surface area contributed by atoms with Crippen molar-refractivity contribution in [1.82, 2.24) is 5.32 Å². The number of carbonyl (C=O) groups excluding carboxylic acids is 1. The first-order chi connectivity index (χ1) is 12.1. The minimum absolute atomic E-state index is 0.0309. The second-order valence-electron chi connectivity index (χ2n) is 6.10. The summed E-state index contributed by atoms with van der Waals surface area (Å²) >= 11 is 0. The Morgan fingerprint density at radius 3 is 2.24 bits per heavy atom. The topological polar surface area (TPSA) is 44.4 Å². The van der Waals surface area contributed by atoms with Crippen LogP contribution in [0.2, 0.25) is 0 Å². The fraction of sp³-hybridized carbons (Fsp3) is 0.381. The van der Waals surface area contributed by atoms with Crippen molar-refractivity contribution in [3.63, 3.8) is 0 Å². The molecule has 4 heteroatoms. The zero-order chi connectivity index (χ0) is 18.1. The van der Waals surface area contributed by atoms with Gasteiger partial charge in [0, 0.05) is 43.5 Å². The number of nitrogens with one attached hydrogen (secondary N) is 2. The summed E-state index contributed by atoms with van der Waals surface area (Å²) in [4.78, 5) is 14.4. The molecule has 1 atom stereocenters. The number of anilines is 2. The minimum Gasteiger partial charge on any atom is -0.372 e. The van der Waals surface area contributed by atoms with Crippen molar-refractivity contribution < 1.29 is 4.79 Å². The van der Waals surface area contributed by atoms with E-state index >= 15 is 0 Å². The Hall–Kier alpha value is -2.33. The number of carbonyl (C=O) groups is 1. The largest absolute Gasteiger partial charge is 0.372 e.